The number of benzene rings is 3. The maximum Gasteiger partial charge on any atom is 0.433 e. The first kappa shape index (κ1) is 21.6. The fourth-order valence-corrected chi connectivity index (χ4v) is 4.54. The maximum absolute atomic E-state index is 13.3. The molecule has 0 saturated carbocycles. The number of hydrogen-bond acceptors (Lipinski definition) is 6. The van der Waals surface area contributed by atoms with Gasteiger partial charge in [0.25, 0.3) is 0 Å². The van der Waals surface area contributed by atoms with E-state index in [-0.39, 0.29) is 18.5 Å². The molecule has 9 heteroatoms. The molecule has 1 amide bonds. The summed E-state index contributed by atoms with van der Waals surface area (Å²) in [5, 5.41) is 11.0. The Labute approximate surface area is 205 Å². The highest BCUT2D eigenvalue weighted by atomic mass is 16.6. The minimum Gasteiger partial charge on any atom is -0.444 e. The van der Waals surface area contributed by atoms with Crippen molar-refractivity contribution < 1.29 is 18.9 Å². The summed E-state index contributed by atoms with van der Waals surface area (Å²) in [7, 11) is 0. The monoisotopic (exact) mass is 480 g/mol. The molecule has 0 fully saturated rings. The molecule has 0 spiro atoms. The lowest BCUT2D eigenvalue weighted by atomic mass is 10.1. The number of para-hydroxylation sites is 1. The number of nitro groups is 1. The van der Waals surface area contributed by atoms with E-state index in [0.717, 1.165) is 22.3 Å². The first-order valence-electron chi connectivity index (χ1n) is 11.4. The molecule has 9 nitrogen and oxygen atoms in total. The fraction of sp³-hybridized carbons (Fsp3) is 0.111. The lowest BCUT2D eigenvalue weighted by Crippen LogP contribution is -2.33. The molecule has 3 aromatic carbocycles. The lowest BCUT2D eigenvalue weighted by Gasteiger charge is -2.23. The number of fused-ring (bicyclic) bond motifs is 2. The Balaban J connectivity index is 1.31. The smallest absolute Gasteiger partial charge is 0.433 e. The largest absolute Gasteiger partial charge is 0.444 e. The second kappa shape index (κ2) is 8.70. The van der Waals surface area contributed by atoms with Gasteiger partial charge in [0, 0.05) is 12.0 Å². The van der Waals surface area contributed by atoms with Gasteiger partial charge in [0.2, 0.25) is 0 Å². The zero-order chi connectivity index (χ0) is 24.6. The zero-order valence-electron chi connectivity index (χ0n) is 19.0. The van der Waals surface area contributed by atoms with Crippen molar-refractivity contribution in [2.24, 2.45) is 0 Å². The number of nitrogens with zero attached hydrogens (tertiary/aromatic N) is 3. The number of amides is 1. The Morgan fingerprint density at radius 2 is 1.89 bits per heavy atom. The van der Waals surface area contributed by atoms with Crippen LogP contribution in [0.25, 0.3) is 22.4 Å². The summed E-state index contributed by atoms with van der Waals surface area (Å²) in [5.74, 6) is 0.698. The number of carbonyl (C=O) groups is 1. The van der Waals surface area contributed by atoms with Gasteiger partial charge in [-0.05, 0) is 41.5 Å². The second-order valence-corrected chi connectivity index (χ2v) is 8.51. The predicted octanol–water partition coefficient (Wildman–Crippen LogP) is 6.17. The highest BCUT2D eigenvalue weighted by Gasteiger charge is 2.37. The molecule has 3 heterocycles. The van der Waals surface area contributed by atoms with E-state index in [1.165, 1.54) is 6.07 Å². The van der Waals surface area contributed by atoms with Gasteiger partial charge in [-0.1, -0.05) is 48.5 Å². The van der Waals surface area contributed by atoms with Gasteiger partial charge in [-0.2, -0.15) is 0 Å². The summed E-state index contributed by atoms with van der Waals surface area (Å²) in [6.45, 7) is 0.170. The van der Waals surface area contributed by atoms with Crippen molar-refractivity contribution >= 4 is 28.7 Å². The number of aromatic nitrogens is 2. The SMILES string of the molecule is O=C(OCc1ccccc1)N1c2ccccc2C[C@H]1c1nc2ccc(-c3ccc([N+](=O)[O-])o3)cc2[nH]1. The lowest BCUT2D eigenvalue weighted by molar-refractivity contribution is -0.401. The van der Waals surface area contributed by atoms with Gasteiger partial charge in [-0.25, -0.2) is 9.78 Å². The highest BCUT2D eigenvalue weighted by molar-refractivity contribution is 5.91. The number of nitrogens with one attached hydrogen (secondary N) is 1. The molecule has 1 aliphatic rings. The van der Waals surface area contributed by atoms with Gasteiger partial charge in [0.1, 0.15) is 29.2 Å². The van der Waals surface area contributed by atoms with Crippen molar-refractivity contribution in [2.75, 3.05) is 4.90 Å². The van der Waals surface area contributed by atoms with Crippen LogP contribution in [0.1, 0.15) is 23.0 Å². The number of hydrogen-bond donors (Lipinski definition) is 1. The molecule has 2 aromatic heterocycles. The predicted molar refractivity (Wildman–Crippen MR) is 132 cm³/mol. The Hall–Kier alpha value is -4.92. The van der Waals surface area contributed by atoms with Gasteiger partial charge in [-0.15, -0.1) is 0 Å². The first-order valence-corrected chi connectivity index (χ1v) is 11.4. The van der Waals surface area contributed by atoms with E-state index in [1.54, 1.807) is 17.0 Å². The van der Waals surface area contributed by atoms with E-state index in [2.05, 4.69) is 4.98 Å². The topological polar surface area (TPSA) is 114 Å². The standard InChI is InChI=1S/C27H20N4O5/c32-27(35-16-17-6-2-1-3-7-17)30-22-9-5-4-8-18(22)15-23(30)26-28-20-11-10-19(14-21(20)29-26)24-12-13-25(36-24)31(33)34/h1-14,23H,15-16H2,(H,28,29)/t23-/m0/s1. The third-order valence-electron chi connectivity index (χ3n) is 6.25. The third kappa shape index (κ3) is 3.86. The number of ether oxygens (including phenoxy) is 1. The average Bonchev–Trinajstić information content (AvgIpc) is 3.64. The molecule has 0 radical (unpaired) electrons. The average molecular weight is 480 g/mol. The van der Waals surface area contributed by atoms with Crippen LogP contribution in [0.4, 0.5) is 16.4 Å². The normalized spacial score (nSPS) is 14.7. The zero-order valence-corrected chi connectivity index (χ0v) is 19.0. The van der Waals surface area contributed by atoms with E-state index in [4.69, 9.17) is 14.1 Å². The highest BCUT2D eigenvalue weighted by Crippen LogP contribution is 2.40. The molecule has 0 unspecified atom stereocenters. The van der Waals surface area contributed by atoms with Crippen molar-refractivity contribution in [3.05, 3.63) is 112 Å². The van der Waals surface area contributed by atoms with Crippen LogP contribution in [0.2, 0.25) is 0 Å². The molecule has 1 N–H and O–H groups in total. The van der Waals surface area contributed by atoms with E-state index in [1.807, 2.05) is 66.7 Å². The van der Waals surface area contributed by atoms with Crippen LogP contribution < -0.4 is 4.90 Å². The number of H-pyrrole nitrogens is 1. The van der Waals surface area contributed by atoms with Gasteiger partial charge >= 0.3 is 12.0 Å². The van der Waals surface area contributed by atoms with E-state index >= 15 is 0 Å². The number of furan rings is 1. The summed E-state index contributed by atoms with van der Waals surface area (Å²) in [6.07, 6.45) is 0.144. The second-order valence-electron chi connectivity index (χ2n) is 8.51. The van der Waals surface area contributed by atoms with Crippen LogP contribution in [0, 0.1) is 10.1 Å². The molecule has 0 aliphatic carbocycles. The third-order valence-corrected chi connectivity index (χ3v) is 6.25. The molecule has 0 saturated heterocycles. The Morgan fingerprint density at radius 1 is 1.08 bits per heavy atom. The Morgan fingerprint density at radius 3 is 2.69 bits per heavy atom. The molecule has 0 bridgehead atoms. The number of rotatable bonds is 5. The fourth-order valence-electron chi connectivity index (χ4n) is 4.54. The van der Waals surface area contributed by atoms with Crippen LogP contribution >= 0.6 is 0 Å². The van der Waals surface area contributed by atoms with Crippen molar-refractivity contribution in [2.45, 2.75) is 19.1 Å². The molecular formula is C27H20N4O5. The summed E-state index contributed by atoms with van der Waals surface area (Å²) in [5.41, 5.74) is 4.86. The first-order chi connectivity index (χ1) is 17.6. The van der Waals surface area contributed by atoms with Gasteiger partial charge in [-0.3, -0.25) is 15.0 Å². The van der Waals surface area contributed by atoms with Crippen LogP contribution in [0.15, 0.2) is 89.3 Å². The van der Waals surface area contributed by atoms with Crippen LogP contribution in [0.3, 0.4) is 0 Å². The van der Waals surface area contributed by atoms with Crippen molar-refractivity contribution in [1.82, 2.24) is 9.97 Å². The minimum absolute atomic E-state index is 0.170. The minimum atomic E-state index is -0.570. The van der Waals surface area contributed by atoms with Crippen molar-refractivity contribution in [3.8, 4) is 11.3 Å². The molecule has 1 atom stereocenters. The molecule has 1 aliphatic heterocycles. The Bertz CT molecular complexity index is 1590. The summed E-state index contributed by atoms with van der Waals surface area (Å²) < 4.78 is 11.0. The van der Waals surface area contributed by atoms with Crippen molar-refractivity contribution in [1.29, 1.82) is 0 Å². The van der Waals surface area contributed by atoms with Gasteiger partial charge < -0.3 is 14.1 Å². The van der Waals surface area contributed by atoms with Crippen LogP contribution in [-0.2, 0) is 17.8 Å². The summed E-state index contributed by atoms with van der Waals surface area (Å²) in [4.78, 5) is 33.4. The van der Waals surface area contributed by atoms with Crippen molar-refractivity contribution in [3.63, 3.8) is 0 Å². The molecule has 36 heavy (non-hydrogen) atoms. The van der Waals surface area contributed by atoms with E-state index in [0.29, 0.717) is 29.1 Å². The van der Waals surface area contributed by atoms with Gasteiger partial charge in [0.05, 0.1) is 22.8 Å². The van der Waals surface area contributed by atoms with E-state index < -0.39 is 11.0 Å². The summed E-state index contributed by atoms with van der Waals surface area (Å²) in [6, 6.07) is 25.3. The quantitative estimate of drug-likeness (QED) is 0.238. The van der Waals surface area contributed by atoms with Gasteiger partial charge in [0.15, 0.2) is 0 Å². The Kier molecular flexibility index (Phi) is 5.22. The molecular weight excluding hydrogens is 460 g/mol. The van der Waals surface area contributed by atoms with E-state index in [9.17, 15) is 14.9 Å². The maximum atomic E-state index is 13.3. The molecule has 5 aromatic rings. The number of imidazole rings is 1. The summed E-state index contributed by atoms with van der Waals surface area (Å²) >= 11 is 0. The number of aromatic amines is 1. The number of anilines is 1. The molecule has 178 valence electrons. The van der Waals surface area contributed by atoms with Crippen LogP contribution in [0.5, 0.6) is 0 Å². The van der Waals surface area contributed by atoms with Crippen LogP contribution in [-0.4, -0.2) is 21.0 Å². The molecule has 6 rings (SSSR count). The number of carbonyl (C=O) groups excluding carboxylic acids is 1.